The van der Waals surface area contributed by atoms with E-state index in [1.807, 2.05) is 11.3 Å². The first-order valence-electron chi connectivity index (χ1n) is 4.60. The maximum Gasteiger partial charge on any atom is 0.0613 e. The van der Waals surface area contributed by atoms with Crippen LogP contribution in [-0.4, -0.2) is 19.8 Å². The van der Waals surface area contributed by atoms with Gasteiger partial charge in [0.2, 0.25) is 0 Å². The van der Waals surface area contributed by atoms with E-state index in [2.05, 4.69) is 41.2 Å². The third-order valence-electron chi connectivity index (χ3n) is 1.95. The number of aryl methyl sites for hydroxylation is 1. The second-order valence-electron chi connectivity index (χ2n) is 3.35. The molecule has 1 atom stereocenters. The lowest BCUT2D eigenvalue weighted by molar-refractivity contribution is 0.172. The van der Waals surface area contributed by atoms with Gasteiger partial charge in [-0.2, -0.15) is 0 Å². The van der Waals surface area contributed by atoms with Crippen molar-refractivity contribution in [2.75, 3.05) is 13.7 Å². The van der Waals surface area contributed by atoms with Gasteiger partial charge >= 0.3 is 0 Å². The third-order valence-corrected chi connectivity index (χ3v) is 4.09. The summed E-state index contributed by atoms with van der Waals surface area (Å²) >= 11 is 5.34. The first-order chi connectivity index (χ1) is 6.63. The molecule has 1 aromatic rings. The maximum absolute atomic E-state index is 5.05. The lowest BCUT2D eigenvalue weighted by atomic mass is 10.3. The van der Waals surface area contributed by atoms with Gasteiger partial charge in [0.05, 0.1) is 6.61 Å². The first kappa shape index (κ1) is 12.2. The molecule has 0 aliphatic heterocycles. The van der Waals surface area contributed by atoms with Crippen LogP contribution >= 0.6 is 27.3 Å². The van der Waals surface area contributed by atoms with Crippen LogP contribution in [0.25, 0.3) is 0 Å². The highest BCUT2D eigenvalue weighted by Crippen LogP contribution is 2.26. The van der Waals surface area contributed by atoms with Gasteiger partial charge in [0.1, 0.15) is 0 Å². The minimum atomic E-state index is 0.404. The van der Waals surface area contributed by atoms with Crippen molar-refractivity contribution in [3.63, 3.8) is 0 Å². The SMILES string of the molecule is COCC(C)NCc1cc(Br)c(C)s1. The normalized spacial score (nSPS) is 13.1. The van der Waals surface area contributed by atoms with E-state index >= 15 is 0 Å². The molecule has 1 unspecified atom stereocenters. The fraction of sp³-hybridized carbons (Fsp3) is 0.600. The van der Waals surface area contributed by atoms with Gasteiger partial charge in [-0.3, -0.25) is 0 Å². The summed E-state index contributed by atoms with van der Waals surface area (Å²) in [5.74, 6) is 0. The van der Waals surface area contributed by atoms with Crippen molar-refractivity contribution in [1.82, 2.24) is 5.32 Å². The van der Waals surface area contributed by atoms with Crippen molar-refractivity contribution in [3.8, 4) is 0 Å². The second-order valence-corrected chi connectivity index (χ2v) is 5.55. The molecule has 0 fully saturated rings. The molecule has 0 aliphatic rings. The molecular formula is C10H16BrNOS. The van der Waals surface area contributed by atoms with Crippen LogP contribution in [0.5, 0.6) is 0 Å². The number of hydrogen-bond acceptors (Lipinski definition) is 3. The van der Waals surface area contributed by atoms with E-state index in [0.717, 1.165) is 13.2 Å². The van der Waals surface area contributed by atoms with Crippen LogP contribution in [0.1, 0.15) is 16.7 Å². The first-order valence-corrected chi connectivity index (χ1v) is 6.21. The molecule has 1 aromatic heterocycles. The third kappa shape index (κ3) is 3.69. The van der Waals surface area contributed by atoms with Crippen molar-refractivity contribution in [1.29, 1.82) is 0 Å². The van der Waals surface area contributed by atoms with Gasteiger partial charge in [0.15, 0.2) is 0 Å². The van der Waals surface area contributed by atoms with Gasteiger partial charge in [0.25, 0.3) is 0 Å². The predicted molar refractivity (Wildman–Crippen MR) is 64.9 cm³/mol. The molecule has 0 bridgehead atoms. The van der Waals surface area contributed by atoms with Crippen LogP contribution in [0.3, 0.4) is 0 Å². The number of rotatable bonds is 5. The lowest BCUT2D eigenvalue weighted by Gasteiger charge is -2.11. The molecular weight excluding hydrogens is 262 g/mol. The predicted octanol–water partition coefficient (Wildman–Crippen LogP) is 2.94. The van der Waals surface area contributed by atoms with Gasteiger partial charge < -0.3 is 10.1 Å². The summed E-state index contributed by atoms with van der Waals surface area (Å²) in [5.41, 5.74) is 0. The summed E-state index contributed by atoms with van der Waals surface area (Å²) in [4.78, 5) is 2.69. The van der Waals surface area contributed by atoms with Crippen LogP contribution < -0.4 is 5.32 Å². The van der Waals surface area contributed by atoms with Crippen LogP contribution in [0.2, 0.25) is 0 Å². The minimum absolute atomic E-state index is 0.404. The number of nitrogens with one attached hydrogen (secondary N) is 1. The number of ether oxygens (including phenoxy) is 1. The Morgan fingerprint density at radius 3 is 2.86 bits per heavy atom. The highest BCUT2D eigenvalue weighted by Gasteiger charge is 2.04. The van der Waals surface area contributed by atoms with Crippen molar-refractivity contribution < 1.29 is 4.74 Å². The summed E-state index contributed by atoms with van der Waals surface area (Å²) in [6.07, 6.45) is 0. The monoisotopic (exact) mass is 277 g/mol. The number of hydrogen-bond donors (Lipinski definition) is 1. The van der Waals surface area contributed by atoms with Crippen molar-refractivity contribution in [3.05, 3.63) is 20.3 Å². The summed E-state index contributed by atoms with van der Waals surface area (Å²) in [6.45, 7) is 5.92. The Hall–Kier alpha value is 0.1000. The highest BCUT2D eigenvalue weighted by molar-refractivity contribution is 9.10. The average molecular weight is 278 g/mol. The molecule has 1 heterocycles. The summed E-state index contributed by atoms with van der Waals surface area (Å²) < 4.78 is 6.26. The summed E-state index contributed by atoms with van der Waals surface area (Å²) in [6, 6.07) is 2.58. The zero-order chi connectivity index (χ0) is 10.6. The molecule has 0 aliphatic carbocycles. The van der Waals surface area contributed by atoms with Crippen molar-refractivity contribution in [2.24, 2.45) is 0 Å². The van der Waals surface area contributed by atoms with Gasteiger partial charge in [-0.1, -0.05) is 0 Å². The van der Waals surface area contributed by atoms with E-state index in [4.69, 9.17) is 4.74 Å². The van der Waals surface area contributed by atoms with E-state index in [1.54, 1.807) is 7.11 Å². The summed E-state index contributed by atoms with van der Waals surface area (Å²) in [7, 11) is 1.73. The number of methoxy groups -OCH3 is 1. The van der Waals surface area contributed by atoms with E-state index in [9.17, 15) is 0 Å². The average Bonchev–Trinajstić information content (AvgIpc) is 2.44. The molecule has 1 rings (SSSR count). The number of thiophene rings is 1. The Morgan fingerprint density at radius 2 is 2.36 bits per heavy atom. The lowest BCUT2D eigenvalue weighted by Crippen LogP contribution is -2.29. The fourth-order valence-electron chi connectivity index (χ4n) is 1.19. The van der Waals surface area contributed by atoms with E-state index in [-0.39, 0.29) is 0 Å². The molecule has 4 heteroatoms. The van der Waals surface area contributed by atoms with E-state index in [1.165, 1.54) is 14.2 Å². The topological polar surface area (TPSA) is 21.3 Å². The Labute approximate surface area is 97.8 Å². The van der Waals surface area contributed by atoms with Crippen LogP contribution in [-0.2, 0) is 11.3 Å². The minimum Gasteiger partial charge on any atom is -0.383 e. The van der Waals surface area contributed by atoms with Crippen LogP contribution in [0.15, 0.2) is 10.5 Å². The van der Waals surface area contributed by atoms with Gasteiger partial charge in [-0.05, 0) is 35.8 Å². The molecule has 14 heavy (non-hydrogen) atoms. The standard InChI is InChI=1S/C10H16BrNOS/c1-7(6-13-3)12-5-9-4-10(11)8(2)14-9/h4,7,12H,5-6H2,1-3H3. The molecule has 0 radical (unpaired) electrons. The Morgan fingerprint density at radius 1 is 1.64 bits per heavy atom. The second kappa shape index (κ2) is 5.85. The van der Waals surface area contributed by atoms with Gasteiger partial charge in [-0.25, -0.2) is 0 Å². The molecule has 0 spiro atoms. The van der Waals surface area contributed by atoms with Gasteiger partial charge in [0, 0.05) is 33.9 Å². The van der Waals surface area contributed by atoms with E-state index < -0.39 is 0 Å². The Kier molecular flexibility index (Phi) is 5.09. The van der Waals surface area contributed by atoms with Crippen molar-refractivity contribution >= 4 is 27.3 Å². The highest BCUT2D eigenvalue weighted by atomic mass is 79.9. The fourth-order valence-corrected chi connectivity index (χ4v) is 2.74. The van der Waals surface area contributed by atoms with E-state index in [0.29, 0.717) is 6.04 Å². The molecule has 0 saturated heterocycles. The molecule has 0 saturated carbocycles. The molecule has 1 N–H and O–H groups in total. The zero-order valence-corrected chi connectivity index (χ0v) is 11.2. The Balaban J connectivity index is 2.38. The van der Waals surface area contributed by atoms with Crippen LogP contribution in [0.4, 0.5) is 0 Å². The van der Waals surface area contributed by atoms with Crippen molar-refractivity contribution in [2.45, 2.75) is 26.4 Å². The number of halogens is 1. The molecule has 80 valence electrons. The molecule has 2 nitrogen and oxygen atoms in total. The maximum atomic E-state index is 5.05. The molecule has 0 aromatic carbocycles. The zero-order valence-electron chi connectivity index (χ0n) is 8.76. The summed E-state index contributed by atoms with van der Waals surface area (Å²) in [5, 5.41) is 3.40. The van der Waals surface area contributed by atoms with Crippen LogP contribution in [0, 0.1) is 6.92 Å². The quantitative estimate of drug-likeness (QED) is 0.894. The Bertz CT molecular complexity index is 268. The smallest absolute Gasteiger partial charge is 0.0613 e. The van der Waals surface area contributed by atoms with Gasteiger partial charge in [-0.15, -0.1) is 11.3 Å². The molecule has 0 amide bonds. The largest absolute Gasteiger partial charge is 0.383 e.